The largest absolute Gasteiger partial charge is 0.491 e. The molecule has 0 spiro atoms. The van der Waals surface area contributed by atoms with Gasteiger partial charge >= 0.3 is 0 Å². The quantitative estimate of drug-likeness (QED) is 0.208. The first-order valence-electron chi connectivity index (χ1n) is 17.0. The first kappa shape index (κ1) is 33.0. The molecule has 0 heterocycles. The third kappa shape index (κ3) is 6.22. The van der Waals surface area contributed by atoms with E-state index in [1.165, 1.54) is 27.9 Å². The normalized spacial score (nSPS) is 19.1. The van der Waals surface area contributed by atoms with Crippen molar-refractivity contribution in [1.29, 1.82) is 0 Å². The Bertz CT molecular complexity index is 1860. The van der Waals surface area contributed by atoms with Crippen molar-refractivity contribution in [1.82, 2.24) is 0 Å². The Morgan fingerprint density at radius 3 is 2.23 bits per heavy atom. The van der Waals surface area contributed by atoms with Gasteiger partial charge in [0.15, 0.2) is 0 Å². The highest BCUT2D eigenvalue weighted by Gasteiger charge is 2.48. The first-order valence-corrected chi connectivity index (χ1v) is 17.0. The molecule has 0 radical (unpaired) electrons. The van der Waals surface area contributed by atoms with Crippen molar-refractivity contribution >= 4 is 5.57 Å². The average molecular weight is 637 g/mol. The fraction of sp³-hybridized carbons (Fsp3) is 0.227. The standard InChI is InChI=1S/C44H44O4/c1-3-14-37-38-19-12-7-13-20-41(38)44(40(37)4-2,35-23-26-43(48-30-28-46)39(31-35)33-17-10-6-11-18-33)34-21-24-36(32-15-8-5-9-16-32)42(25-22-34)47-29-27-45/h3,5-6,8-20,22-26,31,45-46H,4,7,21,27-30H2,1-2H3/b14-3-. The van der Waals surface area contributed by atoms with E-state index in [9.17, 15) is 10.2 Å². The smallest absolute Gasteiger partial charge is 0.127 e. The van der Waals surface area contributed by atoms with Crippen molar-refractivity contribution in [3.63, 3.8) is 0 Å². The highest BCUT2D eigenvalue weighted by Crippen LogP contribution is 2.58. The molecule has 3 aromatic rings. The van der Waals surface area contributed by atoms with Crippen molar-refractivity contribution in [3.8, 4) is 16.9 Å². The SMILES string of the molecule is C/C=C\C1=C(CC)C(C2=CC=C(OCCO)C(c3ccccc3)=CC2)(c2ccc(OCCO)c(-c3ccccc3)c2)C2=C1C=CCC=C2. The van der Waals surface area contributed by atoms with Gasteiger partial charge in [0.05, 0.1) is 18.6 Å². The molecule has 244 valence electrons. The second kappa shape index (κ2) is 15.3. The summed E-state index contributed by atoms with van der Waals surface area (Å²) in [6.45, 7) is 4.67. The van der Waals surface area contributed by atoms with Crippen molar-refractivity contribution in [3.05, 3.63) is 178 Å². The molecular weight excluding hydrogens is 592 g/mol. The van der Waals surface area contributed by atoms with Crippen LogP contribution in [0.5, 0.6) is 5.75 Å². The zero-order chi connectivity index (χ0) is 33.3. The molecule has 3 aliphatic carbocycles. The second-order valence-corrected chi connectivity index (χ2v) is 12.0. The molecule has 0 aliphatic heterocycles. The molecule has 2 N–H and O–H groups in total. The van der Waals surface area contributed by atoms with E-state index in [1.807, 2.05) is 36.4 Å². The van der Waals surface area contributed by atoms with Crippen molar-refractivity contribution in [2.24, 2.45) is 0 Å². The molecule has 1 unspecified atom stereocenters. The maximum absolute atomic E-state index is 9.69. The number of aliphatic hydroxyl groups is 2. The summed E-state index contributed by atoms with van der Waals surface area (Å²) < 4.78 is 12.3. The molecule has 0 saturated carbocycles. The Labute approximate surface area is 284 Å². The van der Waals surface area contributed by atoms with Crippen LogP contribution >= 0.6 is 0 Å². The van der Waals surface area contributed by atoms with E-state index in [0.29, 0.717) is 6.42 Å². The topological polar surface area (TPSA) is 58.9 Å². The van der Waals surface area contributed by atoms with Crippen LogP contribution in [0.4, 0.5) is 0 Å². The molecule has 48 heavy (non-hydrogen) atoms. The predicted octanol–water partition coefficient (Wildman–Crippen LogP) is 9.38. The number of aliphatic hydroxyl groups excluding tert-OH is 2. The summed E-state index contributed by atoms with van der Waals surface area (Å²) in [5, 5.41) is 19.3. The third-order valence-corrected chi connectivity index (χ3v) is 9.28. The van der Waals surface area contributed by atoms with Gasteiger partial charge in [0.25, 0.3) is 0 Å². The third-order valence-electron chi connectivity index (χ3n) is 9.28. The molecule has 0 aromatic heterocycles. The molecule has 3 aliphatic rings. The van der Waals surface area contributed by atoms with E-state index in [-0.39, 0.29) is 26.4 Å². The minimum absolute atomic E-state index is 0.0568. The number of rotatable bonds is 12. The molecule has 0 bridgehead atoms. The van der Waals surface area contributed by atoms with Crippen LogP contribution in [-0.4, -0.2) is 36.6 Å². The fourth-order valence-electron chi connectivity index (χ4n) is 7.39. The predicted molar refractivity (Wildman–Crippen MR) is 196 cm³/mol. The minimum Gasteiger partial charge on any atom is -0.491 e. The van der Waals surface area contributed by atoms with Crippen LogP contribution in [0.15, 0.2) is 167 Å². The highest BCUT2D eigenvalue weighted by atomic mass is 16.5. The number of ether oxygens (including phenoxy) is 2. The van der Waals surface area contributed by atoms with E-state index in [0.717, 1.165) is 52.2 Å². The second-order valence-electron chi connectivity index (χ2n) is 12.0. The van der Waals surface area contributed by atoms with Gasteiger partial charge in [0, 0.05) is 11.1 Å². The molecule has 0 fully saturated rings. The maximum Gasteiger partial charge on any atom is 0.127 e. The maximum atomic E-state index is 9.69. The van der Waals surface area contributed by atoms with E-state index >= 15 is 0 Å². The summed E-state index contributed by atoms with van der Waals surface area (Å²) >= 11 is 0. The molecular formula is C44H44O4. The Balaban J connectivity index is 1.66. The van der Waals surface area contributed by atoms with Gasteiger partial charge in [-0.3, -0.25) is 0 Å². The Kier molecular flexibility index (Phi) is 10.5. The van der Waals surface area contributed by atoms with Gasteiger partial charge in [-0.15, -0.1) is 0 Å². The lowest BCUT2D eigenvalue weighted by Crippen LogP contribution is -2.31. The van der Waals surface area contributed by atoms with Crippen molar-refractivity contribution < 1.29 is 19.7 Å². The summed E-state index contributed by atoms with van der Waals surface area (Å²) in [6.07, 6.45) is 22.6. The monoisotopic (exact) mass is 636 g/mol. The number of hydrogen-bond acceptors (Lipinski definition) is 4. The van der Waals surface area contributed by atoms with Gasteiger partial charge in [-0.1, -0.05) is 122 Å². The van der Waals surface area contributed by atoms with E-state index in [4.69, 9.17) is 9.47 Å². The van der Waals surface area contributed by atoms with Gasteiger partial charge in [0.2, 0.25) is 0 Å². The summed E-state index contributed by atoms with van der Waals surface area (Å²) in [4.78, 5) is 0. The van der Waals surface area contributed by atoms with Crippen molar-refractivity contribution in [2.45, 2.75) is 38.5 Å². The Morgan fingerprint density at radius 1 is 0.812 bits per heavy atom. The molecule has 4 heteroatoms. The minimum atomic E-state index is -0.579. The van der Waals surface area contributed by atoms with E-state index in [2.05, 4.69) is 111 Å². The number of allylic oxidation sites excluding steroid dienone is 15. The molecule has 1 atom stereocenters. The number of hydrogen-bond donors (Lipinski definition) is 2. The zero-order valence-electron chi connectivity index (χ0n) is 27.9. The molecule has 6 rings (SSSR count). The van der Waals surface area contributed by atoms with Gasteiger partial charge in [0.1, 0.15) is 24.7 Å². The first-order chi connectivity index (χ1) is 23.7. The van der Waals surface area contributed by atoms with Crippen LogP contribution < -0.4 is 4.74 Å². The van der Waals surface area contributed by atoms with Crippen LogP contribution in [0.2, 0.25) is 0 Å². The highest BCUT2D eigenvalue weighted by molar-refractivity contribution is 5.82. The lowest BCUT2D eigenvalue weighted by atomic mass is 9.63. The molecule has 4 nitrogen and oxygen atoms in total. The fourth-order valence-corrected chi connectivity index (χ4v) is 7.39. The number of benzene rings is 3. The molecule has 0 amide bonds. The van der Waals surface area contributed by atoms with Crippen molar-refractivity contribution in [2.75, 3.05) is 26.4 Å². The average Bonchev–Trinajstić information content (AvgIpc) is 3.35. The molecule has 0 saturated heterocycles. The summed E-state index contributed by atoms with van der Waals surface area (Å²) in [7, 11) is 0. The molecule has 3 aromatic carbocycles. The Morgan fingerprint density at radius 2 is 1.52 bits per heavy atom. The zero-order valence-corrected chi connectivity index (χ0v) is 27.9. The van der Waals surface area contributed by atoms with Crippen LogP contribution in [0.3, 0.4) is 0 Å². The van der Waals surface area contributed by atoms with E-state index < -0.39 is 5.41 Å². The van der Waals surface area contributed by atoms with Crippen LogP contribution in [0.25, 0.3) is 16.7 Å². The van der Waals surface area contributed by atoms with Gasteiger partial charge in [-0.2, -0.15) is 0 Å². The Hall–Kier alpha value is -4.90. The van der Waals surface area contributed by atoms with Crippen LogP contribution in [0, 0.1) is 0 Å². The summed E-state index contributed by atoms with van der Waals surface area (Å²) in [5.74, 6) is 1.49. The van der Waals surface area contributed by atoms with Gasteiger partial charge < -0.3 is 19.7 Å². The lowest BCUT2D eigenvalue weighted by Gasteiger charge is -2.39. The van der Waals surface area contributed by atoms with Crippen LogP contribution in [0.1, 0.15) is 44.2 Å². The summed E-state index contributed by atoms with van der Waals surface area (Å²) in [5.41, 5.74) is 11.1. The van der Waals surface area contributed by atoms with Crippen LogP contribution in [-0.2, 0) is 10.2 Å². The van der Waals surface area contributed by atoms with Gasteiger partial charge in [-0.25, -0.2) is 0 Å². The van der Waals surface area contributed by atoms with Gasteiger partial charge in [-0.05, 0) is 89.0 Å². The lowest BCUT2D eigenvalue weighted by molar-refractivity contribution is 0.154. The summed E-state index contributed by atoms with van der Waals surface area (Å²) in [6, 6.07) is 27.2. The van der Waals surface area contributed by atoms with E-state index in [1.54, 1.807) is 0 Å².